The molecule has 6 nitrogen and oxygen atoms in total. The van der Waals surface area contributed by atoms with Crippen molar-refractivity contribution in [3.63, 3.8) is 0 Å². The molecule has 1 N–H and O–H groups in total. The Morgan fingerprint density at radius 1 is 1.07 bits per heavy atom. The van der Waals surface area contributed by atoms with Gasteiger partial charge in [-0.2, -0.15) is 13.2 Å². The molecule has 2 rings (SSSR count). The zero-order valence-corrected chi connectivity index (χ0v) is 18.5. The van der Waals surface area contributed by atoms with E-state index in [1.165, 1.54) is 6.92 Å². The number of nitrogens with one attached hydrogen (secondary N) is 1. The largest absolute Gasteiger partial charge is 0.416 e. The van der Waals surface area contributed by atoms with E-state index in [0.717, 1.165) is 57.6 Å². The number of hydrogen-bond acceptors (Lipinski definition) is 4. The molecule has 2 fully saturated rings. The number of piperazine rings is 1. The zero-order valence-electron chi connectivity index (χ0n) is 18.5. The van der Waals surface area contributed by atoms with Crippen LogP contribution in [0.3, 0.4) is 0 Å². The monoisotopic (exact) mass is 432 g/mol. The Labute approximate surface area is 178 Å². The number of ether oxygens (including phenoxy) is 1. The van der Waals surface area contributed by atoms with E-state index in [9.17, 15) is 18.0 Å². The summed E-state index contributed by atoms with van der Waals surface area (Å²) in [5, 5.41) is 2.49. The fraction of sp³-hybridized carbons (Fsp3) is 0.667. The van der Waals surface area contributed by atoms with Gasteiger partial charge in [-0.1, -0.05) is 12.7 Å². The standard InChI is InChI=1S/C14H20F3N3O.C7H15NO/c1-4-12(14(15,16)17)6-5-11(2)18-13(21)20-9-7-19(3)8-10-20;1-7(2)8-3-5-9-6-4-8/h4-6H,2,7-10H2,1,3H3,(H,18,21);7H,3-6H2,1-2H3/b6-5-,12-4+;. The molecule has 0 aromatic carbocycles. The molecule has 0 bridgehead atoms. The fourth-order valence-corrected chi connectivity index (χ4v) is 2.91. The Kier molecular flexibility index (Phi) is 11.1. The molecule has 2 aliphatic rings. The SMILES string of the molecule is C=C(/C=C\C(=C/C)C(F)(F)F)NC(=O)N1CCN(C)CC1.CC(C)N1CCOCC1. The van der Waals surface area contributed by atoms with Crippen LogP contribution >= 0.6 is 0 Å². The summed E-state index contributed by atoms with van der Waals surface area (Å²) in [7, 11) is 1.96. The van der Waals surface area contributed by atoms with Crippen LogP contribution in [0.4, 0.5) is 18.0 Å². The summed E-state index contributed by atoms with van der Waals surface area (Å²) in [6.45, 7) is 16.1. The van der Waals surface area contributed by atoms with Gasteiger partial charge in [0, 0.05) is 51.0 Å². The highest BCUT2D eigenvalue weighted by molar-refractivity contribution is 5.76. The van der Waals surface area contributed by atoms with Crippen LogP contribution in [0.15, 0.2) is 36.1 Å². The van der Waals surface area contributed by atoms with Gasteiger partial charge in [0.15, 0.2) is 0 Å². The number of carbonyl (C=O) groups excluding carboxylic acids is 1. The second kappa shape index (κ2) is 12.8. The first-order valence-corrected chi connectivity index (χ1v) is 10.2. The van der Waals surface area contributed by atoms with Crippen LogP contribution in [-0.4, -0.2) is 92.5 Å². The Hall–Kier alpha value is -1.84. The second-order valence-corrected chi connectivity index (χ2v) is 7.56. The van der Waals surface area contributed by atoms with E-state index in [-0.39, 0.29) is 11.7 Å². The molecule has 172 valence electrons. The molecule has 0 radical (unpaired) electrons. The van der Waals surface area contributed by atoms with Gasteiger partial charge < -0.3 is 19.9 Å². The normalized spacial score (nSPS) is 19.6. The number of morpholine rings is 1. The number of allylic oxidation sites excluding steroid dienone is 4. The van der Waals surface area contributed by atoms with Gasteiger partial charge >= 0.3 is 12.2 Å². The molecule has 0 saturated carbocycles. The van der Waals surface area contributed by atoms with Crippen LogP contribution < -0.4 is 5.32 Å². The van der Waals surface area contributed by atoms with Gasteiger partial charge in [-0.15, -0.1) is 0 Å². The molecule has 30 heavy (non-hydrogen) atoms. The molecule has 0 unspecified atom stereocenters. The number of carbonyl (C=O) groups is 1. The van der Waals surface area contributed by atoms with Crippen molar-refractivity contribution < 1.29 is 22.7 Å². The van der Waals surface area contributed by atoms with Crippen molar-refractivity contribution in [3.05, 3.63) is 36.1 Å². The molecule has 2 aliphatic heterocycles. The van der Waals surface area contributed by atoms with Gasteiger partial charge in [0.05, 0.1) is 18.8 Å². The molecular weight excluding hydrogens is 397 g/mol. The van der Waals surface area contributed by atoms with Crippen molar-refractivity contribution in [2.24, 2.45) is 0 Å². The summed E-state index contributed by atoms with van der Waals surface area (Å²) >= 11 is 0. The first kappa shape index (κ1) is 26.2. The maximum absolute atomic E-state index is 12.5. The summed E-state index contributed by atoms with van der Waals surface area (Å²) in [4.78, 5) is 18.0. The minimum Gasteiger partial charge on any atom is -0.379 e. The van der Waals surface area contributed by atoms with Crippen molar-refractivity contribution in [2.45, 2.75) is 33.0 Å². The average molecular weight is 433 g/mol. The Bertz CT molecular complexity index is 604. The molecule has 0 aromatic rings. The van der Waals surface area contributed by atoms with Crippen LogP contribution in [0.2, 0.25) is 0 Å². The number of urea groups is 1. The quantitative estimate of drug-likeness (QED) is 0.693. The van der Waals surface area contributed by atoms with Crippen molar-refractivity contribution in [1.82, 2.24) is 20.0 Å². The lowest BCUT2D eigenvalue weighted by atomic mass is 10.2. The lowest BCUT2D eigenvalue weighted by molar-refractivity contribution is -0.0883. The maximum atomic E-state index is 12.5. The number of amides is 2. The van der Waals surface area contributed by atoms with Crippen molar-refractivity contribution in [3.8, 4) is 0 Å². The number of nitrogens with zero attached hydrogens (tertiary/aromatic N) is 3. The molecule has 0 aromatic heterocycles. The lowest BCUT2D eigenvalue weighted by Gasteiger charge is -2.32. The molecule has 9 heteroatoms. The maximum Gasteiger partial charge on any atom is 0.416 e. The zero-order chi connectivity index (χ0) is 22.7. The van der Waals surface area contributed by atoms with E-state index < -0.39 is 11.7 Å². The first-order valence-electron chi connectivity index (χ1n) is 10.2. The van der Waals surface area contributed by atoms with E-state index in [4.69, 9.17) is 4.74 Å². The van der Waals surface area contributed by atoms with E-state index >= 15 is 0 Å². The highest BCUT2D eigenvalue weighted by Crippen LogP contribution is 2.26. The molecular formula is C21H35F3N4O2. The minimum absolute atomic E-state index is 0.127. The van der Waals surface area contributed by atoms with E-state index in [1.807, 2.05) is 7.05 Å². The van der Waals surface area contributed by atoms with Crippen molar-refractivity contribution >= 4 is 6.03 Å². The smallest absolute Gasteiger partial charge is 0.379 e. The van der Waals surface area contributed by atoms with Crippen LogP contribution in [0.1, 0.15) is 20.8 Å². The van der Waals surface area contributed by atoms with Crippen molar-refractivity contribution in [2.75, 3.05) is 59.5 Å². The van der Waals surface area contributed by atoms with Crippen LogP contribution in [-0.2, 0) is 4.74 Å². The minimum atomic E-state index is -4.41. The highest BCUT2D eigenvalue weighted by atomic mass is 19.4. The number of hydrogen-bond donors (Lipinski definition) is 1. The third-order valence-electron chi connectivity index (χ3n) is 4.94. The predicted molar refractivity (Wildman–Crippen MR) is 113 cm³/mol. The lowest BCUT2D eigenvalue weighted by Crippen LogP contribution is -2.50. The number of rotatable bonds is 4. The molecule has 0 atom stereocenters. The Morgan fingerprint density at radius 3 is 2.07 bits per heavy atom. The van der Waals surface area contributed by atoms with Gasteiger partial charge in [-0.05, 0) is 40.0 Å². The Morgan fingerprint density at radius 2 is 1.63 bits per heavy atom. The number of halogens is 3. The van der Waals surface area contributed by atoms with Crippen LogP contribution in [0, 0.1) is 0 Å². The van der Waals surface area contributed by atoms with Gasteiger partial charge in [0.25, 0.3) is 0 Å². The van der Waals surface area contributed by atoms with E-state index in [1.54, 1.807) is 4.90 Å². The molecule has 2 heterocycles. The van der Waals surface area contributed by atoms with Gasteiger partial charge in [-0.3, -0.25) is 4.90 Å². The third-order valence-corrected chi connectivity index (χ3v) is 4.94. The topological polar surface area (TPSA) is 48.1 Å². The molecule has 0 aliphatic carbocycles. The third kappa shape index (κ3) is 9.77. The number of likely N-dealkylation sites (N-methyl/N-ethyl adjacent to an activating group) is 1. The second-order valence-electron chi connectivity index (χ2n) is 7.56. The molecule has 0 spiro atoms. The fourth-order valence-electron chi connectivity index (χ4n) is 2.91. The highest BCUT2D eigenvalue weighted by Gasteiger charge is 2.30. The Balaban J connectivity index is 0.000000414. The van der Waals surface area contributed by atoms with E-state index in [2.05, 4.69) is 35.5 Å². The predicted octanol–water partition coefficient (Wildman–Crippen LogP) is 3.25. The van der Waals surface area contributed by atoms with Crippen LogP contribution in [0.5, 0.6) is 0 Å². The first-order chi connectivity index (χ1) is 14.0. The van der Waals surface area contributed by atoms with Gasteiger partial charge in [-0.25, -0.2) is 4.79 Å². The number of alkyl halides is 3. The average Bonchev–Trinajstić information content (AvgIpc) is 2.69. The van der Waals surface area contributed by atoms with Crippen LogP contribution in [0.25, 0.3) is 0 Å². The van der Waals surface area contributed by atoms with Gasteiger partial charge in [0.1, 0.15) is 0 Å². The van der Waals surface area contributed by atoms with Gasteiger partial charge in [0.2, 0.25) is 0 Å². The summed E-state index contributed by atoms with van der Waals surface area (Å²) in [6.07, 6.45) is -1.40. The summed E-state index contributed by atoms with van der Waals surface area (Å²) in [5.41, 5.74) is -0.653. The van der Waals surface area contributed by atoms with E-state index in [0.29, 0.717) is 19.1 Å². The summed E-state index contributed by atoms with van der Waals surface area (Å²) in [6, 6.07) is 0.348. The molecule has 2 saturated heterocycles. The van der Waals surface area contributed by atoms with Crippen molar-refractivity contribution in [1.29, 1.82) is 0 Å². The summed E-state index contributed by atoms with van der Waals surface area (Å²) in [5.74, 6) is 0. The summed E-state index contributed by atoms with van der Waals surface area (Å²) < 4.78 is 42.7. The molecule has 2 amide bonds.